The molecule has 0 radical (unpaired) electrons. The molecule has 27 heavy (non-hydrogen) atoms. The molecule has 0 aliphatic carbocycles. The van der Waals surface area contributed by atoms with Gasteiger partial charge in [0.1, 0.15) is 5.75 Å². The van der Waals surface area contributed by atoms with E-state index in [9.17, 15) is 26.7 Å². The molecule has 1 N–H and O–H groups in total. The molecule has 0 saturated heterocycles. The second kappa shape index (κ2) is 9.07. The van der Waals surface area contributed by atoms with Crippen LogP contribution in [0.3, 0.4) is 0 Å². The minimum Gasteiger partial charge on any atom is -0.491 e. The van der Waals surface area contributed by atoms with Gasteiger partial charge >= 0.3 is 6.18 Å². The molecule has 2 aromatic carbocycles. The zero-order chi connectivity index (χ0) is 20.0. The molecule has 0 unspecified atom stereocenters. The van der Waals surface area contributed by atoms with E-state index >= 15 is 0 Å². The summed E-state index contributed by atoms with van der Waals surface area (Å²) in [6.07, 6.45) is -3.93. The topological polar surface area (TPSA) is 38.3 Å². The number of amides is 1. The molecule has 2 rings (SSSR count). The van der Waals surface area contributed by atoms with Crippen LogP contribution in [0.4, 0.5) is 27.6 Å². The third kappa shape index (κ3) is 6.13. The maximum absolute atomic E-state index is 13.2. The Hall–Kier alpha value is -2.29. The number of alkyl halides is 3. The fraction of sp³-hybridized carbons (Fsp3) is 0.278. The minimum absolute atomic E-state index is 0.103. The summed E-state index contributed by atoms with van der Waals surface area (Å²) in [4.78, 5) is 12.4. The third-order valence-corrected chi connectivity index (χ3v) is 4.30. The second-order valence-electron chi connectivity index (χ2n) is 5.47. The van der Waals surface area contributed by atoms with E-state index in [0.29, 0.717) is 11.3 Å². The van der Waals surface area contributed by atoms with E-state index in [0.717, 1.165) is 42.1 Å². The van der Waals surface area contributed by atoms with E-state index in [1.165, 1.54) is 6.07 Å². The van der Waals surface area contributed by atoms with E-state index in [1.54, 1.807) is 0 Å². The molecule has 0 atom stereocenters. The van der Waals surface area contributed by atoms with Gasteiger partial charge in [-0.1, -0.05) is 6.92 Å². The molecule has 0 aliphatic heterocycles. The van der Waals surface area contributed by atoms with Gasteiger partial charge in [0.2, 0.25) is 5.91 Å². The molecule has 0 fully saturated rings. The maximum Gasteiger partial charge on any atom is 0.416 e. The quantitative estimate of drug-likeness (QED) is 0.488. The van der Waals surface area contributed by atoms with Crippen molar-refractivity contribution in [2.75, 3.05) is 17.7 Å². The highest BCUT2D eigenvalue weighted by atomic mass is 32.2. The average molecular weight is 405 g/mol. The molecular weight excluding hydrogens is 389 g/mol. The molecule has 3 nitrogen and oxygen atoms in total. The van der Waals surface area contributed by atoms with Gasteiger partial charge < -0.3 is 10.1 Å². The number of halogens is 5. The summed E-state index contributed by atoms with van der Waals surface area (Å²) < 4.78 is 70.1. The number of hydrogen-bond acceptors (Lipinski definition) is 3. The Morgan fingerprint density at radius 3 is 2.48 bits per heavy atom. The minimum atomic E-state index is -4.57. The van der Waals surface area contributed by atoms with E-state index in [2.05, 4.69) is 5.32 Å². The number of rotatable bonds is 7. The first kappa shape index (κ1) is 21.0. The first-order valence-corrected chi connectivity index (χ1v) is 8.91. The van der Waals surface area contributed by atoms with Gasteiger partial charge in [-0.2, -0.15) is 13.2 Å². The van der Waals surface area contributed by atoms with Crippen molar-refractivity contribution in [2.45, 2.75) is 24.4 Å². The molecular formula is C18H16F5NO2S. The van der Waals surface area contributed by atoms with Crippen molar-refractivity contribution < 1.29 is 31.5 Å². The summed E-state index contributed by atoms with van der Waals surface area (Å²) in [6.45, 7) is 2.11. The molecule has 146 valence electrons. The summed E-state index contributed by atoms with van der Waals surface area (Å²) >= 11 is 0.922. The summed E-state index contributed by atoms with van der Waals surface area (Å²) in [5.74, 6) is -2.74. The van der Waals surface area contributed by atoms with Crippen LogP contribution < -0.4 is 10.1 Å². The number of hydrogen-bond donors (Lipinski definition) is 1. The lowest BCUT2D eigenvalue weighted by molar-refractivity contribution is -0.137. The summed E-state index contributed by atoms with van der Waals surface area (Å²) in [7, 11) is 0. The zero-order valence-corrected chi connectivity index (χ0v) is 15.0. The average Bonchev–Trinajstić information content (AvgIpc) is 2.60. The number of anilines is 1. The van der Waals surface area contributed by atoms with Gasteiger partial charge in [-0.25, -0.2) is 8.78 Å². The normalized spacial score (nSPS) is 11.3. The summed E-state index contributed by atoms with van der Waals surface area (Å²) in [5, 5.41) is 2.38. The van der Waals surface area contributed by atoms with Gasteiger partial charge in [0.15, 0.2) is 11.6 Å². The van der Waals surface area contributed by atoms with Crippen molar-refractivity contribution in [2.24, 2.45) is 0 Å². The number of thioether (sulfide) groups is 1. The lowest BCUT2D eigenvalue weighted by Crippen LogP contribution is -2.16. The molecule has 0 bridgehead atoms. The summed E-state index contributed by atoms with van der Waals surface area (Å²) in [6, 6.07) is 5.99. The predicted octanol–water partition coefficient (Wildman–Crippen LogP) is 5.50. The molecule has 9 heteroatoms. The molecule has 0 aliphatic rings. The molecule has 1 amide bonds. The van der Waals surface area contributed by atoms with Crippen LogP contribution in [-0.4, -0.2) is 18.3 Å². The fourth-order valence-corrected chi connectivity index (χ4v) is 2.76. The smallest absolute Gasteiger partial charge is 0.416 e. The van der Waals surface area contributed by atoms with Gasteiger partial charge in [-0.3, -0.25) is 4.79 Å². The Bertz CT molecular complexity index is 811. The highest BCUT2D eigenvalue weighted by molar-refractivity contribution is 8.00. The third-order valence-electron chi connectivity index (χ3n) is 3.30. The summed E-state index contributed by atoms with van der Waals surface area (Å²) in [5.41, 5.74) is -1.02. The second-order valence-corrected chi connectivity index (χ2v) is 6.52. The van der Waals surface area contributed by atoms with Crippen molar-refractivity contribution in [3.05, 3.63) is 53.6 Å². The number of ether oxygens (including phenoxy) is 1. The van der Waals surface area contributed by atoms with Crippen LogP contribution in [-0.2, 0) is 11.0 Å². The van der Waals surface area contributed by atoms with Crippen LogP contribution in [0, 0.1) is 11.6 Å². The largest absolute Gasteiger partial charge is 0.491 e. The molecule has 0 heterocycles. The lowest BCUT2D eigenvalue weighted by atomic mass is 10.1. The first-order chi connectivity index (χ1) is 12.7. The zero-order valence-electron chi connectivity index (χ0n) is 14.2. The predicted molar refractivity (Wildman–Crippen MR) is 92.9 cm³/mol. The van der Waals surface area contributed by atoms with Gasteiger partial charge in [0.25, 0.3) is 0 Å². The Morgan fingerprint density at radius 1 is 1.11 bits per heavy atom. The van der Waals surface area contributed by atoms with Gasteiger partial charge in [0.05, 0.1) is 23.6 Å². The van der Waals surface area contributed by atoms with E-state index in [1.807, 2.05) is 6.92 Å². The molecule has 0 aromatic heterocycles. The van der Waals surface area contributed by atoms with E-state index < -0.39 is 29.3 Å². The van der Waals surface area contributed by atoms with Crippen LogP contribution in [0.2, 0.25) is 0 Å². The van der Waals surface area contributed by atoms with Crippen LogP contribution in [0.25, 0.3) is 0 Å². The number of carbonyl (C=O) groups is 1. The van der Waals surface area contributed by atoms with Gasteiger partial charge in [0, 0.05) is 4.90 Å². The van der Waals surface area contributed by atoms with Crippen LogP contribution >= 0.6 is 11.8 Å². The monoisotopic (exact) mass is 405 g/mol. The molecule has 0 spiro atoms. The molecule has 0 saturated carbocycles. The standard InChI is InChI=1S/C18H16F5NO2S/c1-2-7-26-16-6-3-11(18(21,22)23)8-15(16)24-17(25)10-27-12-4-5-13(19)14(20)9-12/h3-6,8-9H,2,7,10H2,1H3,(H,24,25). The lowest BCUT2D eigenvalue weighted by Gasteiger charge is -2.15. The number of carbonyl (C=O) groups excluding carboxylic acids is 1. The molecule has 2 aromatic rings. The maximum atomic E-state index is 13.2. The van der Waals surface area contributed by atoms with Crippen molar-refractivity contribution in [3.63, 3.8) is 0 Å². The highest BCUT2D eigenvalue weighted by Crippen LogP contribution is 2.35. The van der Waals surface area contributed by atoms with Crippen molar-refractivity contribution in [3.8, 4) is 5.75 Å². The highest BCUT2D eigenvalue weighted by Gasteiger charge is 2.31. The SMILES string of the molecule is CCCOc1ccc(C(F)(F)F)cc1NC(=O)CSc1ccc(F)c(F)c1. The van der Waals surface area contributed by atoms with E-state index in [4.69, 9.17) is 4.74 Å². The van der Waals surface area contributed by atoms with Gasteiger partial charge in [-0.05, 0) is 42.8 Å². The number of benzene rings is 2. The Morgan fingerprint density at radius 2 is 1.85 bits per heavy atom. The van der Waals surface area contributed by atoms with E-state index in [-0.39, 0.29) is 23.8 Å². The van der Waals surface area contributed by atoms with Crippen molar-refractivity contribution in [1.29, 1.82) is 0 Å². The Kier molecular flexibility index (Phi) is 7.06. The van der Waals surface area contributed by atoms with Crippen molar-refractivity contribution >= 4 is 23.4 Å². The number of nitrogens with one attached hydrogen (secondary N) is 1. The Balaban J connectivity index is 2.10. The van der Waals surface area contributed by atoms with Crippen LogP contribution in [0.15, 0.2) is 41.3 Å². The first-order valence-electron chi connectivity index (χ1n) is 7.92. The fourth-order valence-electron chi connectivity index (χ4n) is 2.04. The van der Waals surface area contributed by atoms with Gasteiger partial charge in [-0.15, -0.1) is 11.8 Å². The van der Waals surface area contributed by atoms with Crippen molar-refractivity contribution in [1.82, 2.24) is 0 Å². The van der Waals surface area contributed by atoms with Crippen LogP contribution in [0.1, 0.15) is 18.9 Å². The Labute approximate surface area is 156 Å². The van der Waals surface area contributed by atoms with Crippen LogP contribution in [0.5, 0.6) is 5.75 Å².